The Morgan fingerprint density at radius 1 is 1.17 bits per heavy atom. The van der Waals surface area contributed by atoms with E-state index in [-0.39, 0.29) is 23.7 Å². The first-order chi connectivity index (χ1) is 14.0. The number of amides is 1. The first kappa shape index (κ1) is 21.4. The third-order valence-corrected chi connectivity index (χ3v) is 6.51. The van der Waals surface area contributed by atoms with E-state index in [9.17, 15) is 9.59 Å². The van der Waals surface area contributed by atoms with Crippen molar-refractivity contribution in [3.05, 3.63) is 42.2 Å². The lowest BCUT2D eigenvalue weighted by Crippen LogP contribution is -2.45. The maximum Gasteiger partial charge on any atom is 0.337 e. The molecule has 0 bridgehead atoms. The lowest BCUT2D eigenvalue weighted by Gasteiger charge is -2.40. The largest absolute Gasteiger partial charge is 0.504 e. The topological polar surface area (TPSA) is 59.1 Å². The van der Waals surface area contributed by atoms with Crippen molar-refractivity contribution < 1.29 is 19.1 Å². The molecular formula is C23H32N2O4. The van der Waals surface area contributed by atoms with Crippen molar-refractivity contribution in [1.29, 1.82) is 0 Å². The number of carbonyl (C=O) groups is 2. The minimum atomic E-state index is -0.321. The van der Waals surface area contributed by atoms with Crippen LogP contribution in [-0.2, 0) is 19.1 Å². The molecule has 0 N–H and O–H groups in total. The first-order valence-electron chi connectivity index (χ1n) is 10.4. The number of ether oxygens (including phenoxy) is 2. The fourth-order valence-electron chi connectivity index (χ4n) is 4.92. The van der Waals surface area contributed by atoms with E-state index < -0.39 is 0 Å². The summed E-state index contributed by atoms with van der Waals surface area (Å²) in [7, 11) is 4.82. The van der Waals surface area contributed by atoms with Crippen molar-refractivity contribution in [1.82, 2.24) is 4.90 Å². The molecule has 2 aliphatic heterocycles. The van der Waals surface area contributed by atoms with E-state index in [1.54, 1.807) is 12.0 Å². The highest BCUT2D eigenvalue weighted by Crippen LogP contribution is 2.41. The van der Waals surface area contributed by atoms with Gasteiger partial charge in [-0.2, -0.15) is 0 Å². The van der Waals surface area contributed by atoms with Crippen LogP contribution in [0, 0.1) is 17.8 Å². The van der Waals surface area contributed by atoms with Crippen LogP contribution in [0.5, 0.6) is 0 Å². The van der Waals surface area contributed by atoms with Gasteiger partial charge in [-0.05, 0) is 36.8 Å². The van der Waals surface area contributed by atoms with Crippen LogP contribution in [0.2, 0.25) is 0 Å². The molecule has 0 spiro atoms. The maximum atomic E-state index is 13.1. The van der Waals surface area contributed by atoms with Crippen LogP contribution in [-0.4, -0.2) is 57.2 Å². The summed E-state index contributed by atoms with van der Waals surface area (Å²) < 4.78 is 10.2. The standard InChI is InChI=1S/C23H32N2O4/c1-5-16-13-25-14-17(22(26)24(2)18-9-7-6-8-10-18)11-19(25)12-20(16)21(15-28-3)23(27)29-4/h6-10,15-17,19-20H,5,11-14H2,1-4H3/b21-15+/t16-,17?,19?,20-/m0/s1. The third kappa shape index (κ3) is 4.47. The average Bonchev–Trinajstić information content (AvgIpc) is 3.18. The van der Waals surface area contributed by atoms with Crippen LogP contribution in [0.3, 0.4) is 0 Å². The summed E-state index contributed by atoms with van der Waals surface area (Å²) in [6.07, 6.45) is 4.18. The molecule has 0 saturated carbocycles. The Morgan fingerprint density at radius 2 is 1.90 bits per heavy atom. The molecule has 1 aromatic rings. The van der Waals surface area contributed by atoms with Crippen LogP contribution >= 0.6 is 0 Å². The summed E-state index contributed by atoms with van der Waals surface area (Å²) in [6.45, 7) is 3.83. The SMILES string of the molecule is CC[C@H]1CN2CC(C(=O)N(C)c3ccccc3)CC2C[C@@H]1/C(=C\OC)C(=O)OC. The van der Waals surface area contributed by atoms with Crippen molar-refractivity contribution in [2.75, 3.05) is 39.3 Å². The van der Waals surface area contributed by atoms with E-state index in [0.717, 1.165) is 38.0 Å². The van der Waals surface area contributed by atoms with Gasteiger partial charge < -0.3 is 14.4 Å². The number of rotatable bonds is 6. The molecule has 0 aliphatic carbocycles. The van der Waals surface area contributed by atoms with E-state index in [1.165, 1.54) is 13.4 Å². The normalized spacial score (nSPS) is 27.2. The number of carbonyl (C=O) groups excluding carboxylic acids is 2. The van der Waals surface area contributed by atoms with Crippen molar-refractivity contribution in [2.45, 2.75) is 32.2 Å². The number of methoxy groups -OCH3 is 2. The second-order valence-corrected chi connectivity index (χ2v) is 8.08. The van der Waals surface area contributed by atoms with Crippen LogP contribution in [0.1, 0.15) is 26.2 Å². The number of para-hydroxylation sites is 1. The van der Waals surface area contributed by atoms with E-state index >= 15 is 0 Å². The number of benzene rings is 1. The number of esters is 1. The smallest absolute Gasteiger partial charge is 0.337 e. The molecule has 2 aliphatic rings. The summed E-state index contributed by atoms with van der Waals surface area (Å²) in [5, 5.41) is 0. The molecule has 4 atom stereocenters. The summed E-state index contributed by atoms with van der Waals surface area (Å²) in [4.78, 5) is 29.6. The Hall–Kier alpha value is -2.34. The van der Waals surface area contributed by atoms with Gasteiger partial charge in [0, 0.05) is 31.9 Å². The number of hydrogen-bond acceptors (Lipinski definition) is 5. The molecule has 6 heteroatoms. The molecule has 2 fully saturated rings. The van der Waals surface area contributed by atoms with Gasteiger partial charge in [-0.25, -0.2) is 4.79 Å². The van der Waals surface area contributed by atoms with Gasteiger partial charge in [0.1, 0.15) is 0 Å². The maximum absolute atomic E-state index is 13.1. The number of nitrogens with zero attached hydrogens (tertiary/aromatic N) is 2. The molecule has 1 aromatic carbocycles. The fraction of sp³-hybridized carbons (Fsp3) is 0.565. The second kappa shape index (κ2) is 9.44. The van der Waals surface area contributed by atoms with Crippen molar-refractivity contribution in [2.24, 2.45) is 17.8 Å². The summed E-state index contributed by atoms with van der Waals surface area (Å²) in [5.41, 5.74) is 1.53. The van der Waals surface area contributed by atoms with Crippen LogP contribution in [0.15, 0.2) is 42.2 Å². The molecule has 158 valence electrons. The van der Waals surface area contributed by atoms with Crippen LogP contribution < -0.4 is 4.90 Å². The number of hydrogen-bond donors (Lipinski definition) is 0. The lowest BCUT2D eigenvalue weighted by atomic mass is 9.76. The minimum Gasteiger partial charge on any atom is -0.504 e. The Labute approximate surface area is 173 Å². The minimum absolute atomic E-state index is 0.0190. The molecule has 6 nitrogen and oxygen atoms in total. The quantitative estimate of drug-likeness (QED) is 0.417. The Balaban J connectivity index is 1.74. The van der Waals surface area contributed by atoms with Gasteiger partial charge >= 0.3 is 5.97 Å². The van der Waals surface area contributed by atoms with Gasteiger partial charge in [0.15, 0.2) is 0 Å². The van der Waals surface area contributed by atoms with Crippen molar-refractivity contribution in [3.63, 3.8) is 0 Å². The lowest BCUT2D eigenvalue weighted by molar-refractivity contribution is -0.137. The van der Waals surface area contributed by atoms with E-state index in [1.807, 2.05) is 37.4 Å². The monoisotopic (exact) mass is 400 g/mol. The molecule has 29 heavy (non-hydrogen) atoms. The Bertz CT molecular complexity index is 749. The van der Waals surface area contributed by atoms with Crippen LogP contribution in [0.4, 0.5) is 5.69 Å². The van der Waals surface area contributed by atoms with Gasteiger partial charge in [-0.3, -0.25) is 9.69 Å². The highest BCUT2D eigenvalue weighted by atomic mass is 16.5. The highest BCUT2D eigenvalue weighted by molar-refractivity contribution is 5.95. The molecule has 2 heterocycles. The molecule has 3 rings (SSSR count). The molecule has 2 unspecified atom stereocenters. The predicted molar refractivity (Wildman–Crippen MR) is 112 cm³/mol. The summed E-state index contributed by atoms with van der Waals surface area (Å²) in [6, 6.07) is 10.1. The van der Waals surface area contributed by atoms with Crippen molar-refractivity contribution in [3.8, 4) is 0 Å². The Kier molecular flexibility index (Phi) is 6.96. The molecule has 1 amide bonds. The van der Waals surface area contributed by atoms with Crippen molar-refractivity contribution >= 4 is 17.6 Å². The fourth-order valence-corrected chi connectivity index (χ4v) is 4.92. The zero-order chi connectivity index (χ0) is 21.0. The molecular weight excluding hydrogens is 368 g/mol. The average molecular weight is 401 g/mol. The molecule has 0 aromatic heterocycles. The van der Waals surface area contributed by atoms with Crippen LogP contribution in [0.25, 0.3) is 0 Å². The number of fused-ring (bicyclic) bond motifs is 1. The predicted octanol–water partition coefficient (Wildman–Crippen LogP) is 3.09. The van der Waals surface area contributed by atoms with Gasteiger partial charge in [0.2, 0.25) is 5.91 Å². The zero-order valence-electron chi connectivity index (χ0n) is 17.8. The third-order valence-electron chi connectivity index (χ3n) is 6.51. The van der Waals surface area contributed by atoms with E-state index in [2.05, 4.69) is 11.8 Å². The molecule has 0 radical (unpaired) electrons. The molecule has 2 saturated heterocycles. The Morgan fingerprint density at radius 3 is 2.52 bits per heavy atom. The van der Waals surface area contributed by atoms with Gasteiger partial charge in [0.25, 0.3) is 0 Å². The van der Waals surface area contributed by atoms with Gasteiger partial charge in [0.05, 0.1) is 32.0 Å². The number of anilines is 1. The highest BCUT2D eigenvalue weighted by Gasteiger charge is 2.45. The van der Waals surface area contributed by atoms with E-state index in [0.29, 0.717) is 17.5 Å². The van der Waals surface area contributed by atoms with Gasteiger partial charge in [-0.1, -0.05) is 31.5 Å². The second-order valence-electron chi connectivity index (χ2n) is 8.08. The van der Waals surface area contributed by atoms with Gasteiger partial charge in [-0.15, -0.1) is 0 Å². The number of piperidine rings is 1. The summed E-state index contributed by atoms with van der Waals surface area (Å²) in [5.74, 6) is 0.255. The first-order valence-corrected chi connectivity index (χ1v) is 10.4. The summed E-state index contributed by atoms with van der Waals surface area (Å²) >= 11 is 0. The zero-order valence-corrected chi connectivity index (χ0v) is 17.8. The van der Waals surface area contributed by atoms with E-state index in [4.69, 9.17) is 9.47 Å².